The largest absolute Gasteiger partial charge is 0.454 e. The van der Waals surface area contributed by atoms with Gasteiger partial charge in [0, 0.05) is 30.8 Å². The molecule has 3 heteroatoms. The molecule has 0 spiro atoms. The van der Waals surface area contributed by atoms with Crippen LogP contribution in [-0.4, -0.2) is 4.98 Å². The summed E-state index contributed by atoms with van der Waals surface area (Å²) < 4.78 is 26.2. The minimum absolute atomic E-state index is 0.618. The maximum absolute atomic E-state index is 9.25. The summed E-state index contributed by atoms with van der Waals surface area (Å²) in [5.41, 5.74) is 7.41. The average Bonchev–Trinajstić information content (AvgIpc) is 3.47. The zero-order chi connectivity index (χ0) is 26.1. The predicted molar refractivity (Wildman–Crippen MR) is 150 cm³/mol. The molecule has 0 N–H and O–H groups in total. The molecule has 0 saturated heterocycles. The molecule has 0 unspecified atom stereocenters. The lowest BCUT2D eigenvalue weighted by Gasteiger charge is -2.22. The van der Waals surface area contributed by atoms with E-state index in [1.807, 2.05) is 51.2 Å². The average molecular weight is 478 g/mol. The number of aromatic nitrogens is 1. The van der Waals surface area contributed by atoms with Gasteiger partial charge in [0.1, 0.15) is 5.58 Å². The zero-order valence-electron chi connectivity index (χ0n) is 22.7. The predicted octanol–water partition coefficient (Wildman–Crippen LogP) is 9.74. The summed E-state index contributed by atoms with van der Waals surface area (Å²) in [7, 11) is 0. The third kappa shape index (κ3) is 3.75. The van der Waals surface area contributed by atoms with Crippen molar-refractivity contribution < 1.29 is 7.16 Å². The van der Waals surface area contributed by atoms with Crippen LogP contribution >= 0.6 is 11.3 Å². The van der Waals surface area contributed by atoms with E-state index in [9.17, 15) is 2.74 Å². The molecule has 0 aliphatic heterocycles. The first-order valence-electron chi connectivity index (χ1n) is 13.0. The van der Waals surface area contributed by atoms with Crippen LogP contribution < -0.4 is 0 Å². The smallest absolute Gasteiger partial charge is 0.153 e. The van der Waals surface area contributed by atoms with Crippen molar-refractivity contribution in [2.45, 2.75) is 41.0 Å². The lowest BCUT2D eigenvalue weighted by molar-refractivity contribution is 0.411. The summed E-state index contributed by atoms with van der Waals surface area (Å²) in [6.07, 6.45) is 0.252. The molecule has 0 atom stereocenters. The van der Waals surface area contributed by atoms with Crippen molar-refractivity contribution in [1.29, 1.82) is 0 Å². The Morgan fingerprint density at radius 1 is 0.886 bits per heavy atom. The minimum Gasteiger partial charge on any atom is -0.454 e. The summed E-state index contributed by atoms with van der Waals surface area (Å²) >= 11 is 1.69. The van der Waals surface area contributed by atoms with Gasteiger partial charge in [-0.15, -0.1) is 11.3 Å². The van der Waals surface area contributed by atoms with Crippen molar-refractivity contribution in [1.82, 2.24) is 4.98 Å². The molecule has 3 heterocycles. The summed E-state index contributed by atoms with van der Waals surface area (Å²) in [4.78, 5) is 4.91. The molecule has 3 aromatic carbocycles. The number of furan rings is 1. The lowest BCUT2D eigenvalue weighted by atomic mass is 9.83. The molecule has 0 amide bonds. The van der Waals surface area contributed by atoms with E-state index in [1.165, 1.54) is 5.39 Å². The SMILES string of the molecule is [2H]C([2H])(c1cc(-c2cccc3c2oc2c3ccc3ccsc32)ncc1-c1c(C)cccc1C)C(C)(C)C. The van der Waals surface area contributed by atoms with E-state index in [-0.39, 0.29) is 0 Å². The molecule has 3 aromatic heterocycles. The molecule has 174 valence electrons. The Morgan fingerprint density at radius 2 is 1.63 bits per heavy atom. The van der Waals surface area contributed by atoms with Gasteiger partial charge in [0.15, 0.2) is 5.58 Å². The molecule has 0 aliphatic carbocycles. The molecule has 2 nitrogen and oxygen atoms in total. The fourth-order valence-electron chi connectivity index (χ4n) is 5.03. The van der Waals surface area contributed by atoms with Gasteiger partial charge in [0.2, 0.25) is 0 Å². The standard InChI is InChI=1S/C32H29NOS/c1-19-8-6-9-20(2)28(19)26-18-33-27(16-22(26)17-32(3,4)5)25-11-7-10-23-24-13-12-21-14-15-35-31(21)30(24)34-29(23)25/h6-16,18H,17H2,1-5H3/i17D2. The van der Waals surface area contributed by atoms with E-state index in [0.29, 0.717) is 11.3 Å². The van der Waals surface area contributed by atoms with Crippen molar-refractivity contribution in [2.24, 2.45) is 5.41 Å². The number of para-hydroxylation sites is 1. The molecule has 0 aliphatic rings. The highest BCUT2D eigenvalue weighted by Gasteiger charge is 2.20. The van der Waals surface area contributed by atoms with Crippen LogP contribution in [0, 0.1) is 19.3 Å². The van der Waals surface area contributed by atoms with Gasteiger partial charge < -0.3 is 4.42 Å². The summed E-state index contributed by atoms with van der Waals surface area (Å²) in [6, 6.07) is 20.7. The van der Waals surface area contributed by atoms with Crippen LogP contribution in [0.5, 0.6) is 0 Å². The fourth-order valence-corrected chi connectivity index (χ4v) is 5.91. The molecule has 0 bridgehead atoms. The summed E-state index contributed by atoms with van der Waals surface area (Å²) in [5, 5.41) is 5.40. The number of benzene rings is 3. The topological polar surface area (TPSA) is 26.0 Å². The number of aryl methyl sites for hydroxylation is 2. The van der Waals surface area contributed by atoms with Gasteiger partial charge in [-0.25, -0.2) is 0 Å². The van der Waals surface area contributed by atoms with Gasteiger partial charge in [-0.2, -0.15) is 0 Å². The van der Waals surface area contributed by atoms with Crippen LogP contribution in [0.1, 0.15) is 40.2 Å². The molecular formula is C32H29NOS. The van der Waals surface area contributed by atoms with Crippen molar-refractivity contribution in [2.75, 3.05) is 0 Å². The van der Waals surface area contributed by atoms with Crippen molar-refractivity contribution in [3.05, 3.63) is 88.9 Å². The monoisotopic (exact) mass is 477 g/mol. The first kappa shape index (κ1) is 19.8. The van der Waals surface area contributed by atoms with Crippen LogP contribution in [0.3, 0.4) is 0 Å². The van der Waals surface area contributed by atoms with Crippen LogP contribution in [0.15, 0.2) is 76.7 Å². The number of pyridine rings is 1. The first-order valence-corrected chi connectivity index (χ1v) is 12.8. The Labute approximate surface area is 213 Å². The highest BCUT2D eigenvalue weighted by atomic mass is 32.1. The molecule has 6 aromatic rings. The number of fused-ring (bicyclic) bond motifs is 5. The minimum atomic E-state index is -1.60. The van der Waals surface area contributed by atoms with Gasteiger partial charge >= 0.3 is 0 Å². The van der Waals surface area contributed by atoms with Gasteiger partial charge in [0.25, 0.3) is 0 Å². The van der Waals surface area contributed by atoms with Crippen LogP contribution in [0.25, 0.3) is 54.4 Å². The third-order valence-corrected chi connectivity index (χ3v) is 7.45. The molecule has 0 radical (unpaired) electrons. The normalized spacial score (nSPS) is 13.5. The Hall–Kier alpha value is -3.43. The second-order valence-electron chi connectivity index (χ2n) is 10.3. The zero-order valence-corrected chi connectivity index (χ0v) is 21.5. The van der Waals surface area contributed by atoms with Crippen molar-refractivity contribution >= 4 is 43.4 Å². The lowest BCUT2D eigenvalue weighted by Crippen LogP contribution is -2.11. The van der Waals surface area contributed by atoms with E-state index in [0.717, 1.165) is 54.5 Å². The third-order valence-electron chi connectivity index (χ3n) is 6.53. The molecular weight excluding hydrogens is 446 g/mol. The van der Waals surface area contributed by atoms with Gasteiger partial charge in [0.05, 0.1) is 10.4 Å². The first-order chi connectivity index (χ1) is 17.6. The summed E-state index contributed by atoms with van der Waals surface area (Å²) in [6.45, 7) is 10.0. The maximum Gasteiger partial charge on any atom is 0.153 e. The summed E-state index contributed by atoms with van der Waals surface area (Å²) in [5.74, 6) is 0. The maximum atomic E-state index is 9.25. The van der Waals surface area contributed by atoms with Crippen molar-refractivity contribution in [3.63, 3.8) is 0 Å². The van der Waals surface area contributed by atoms with Crippen molar-refractivity contribution in [3.8, 4) is 22.4 Å². The molecule has 6 rings (SSSR count). The van der Waals surface area contributed by atoms with E-state index in [1.54, 1.807) is 11.3 Å². The van der Waals surface area contributed by atoms with Gasteiger partial charge in [-0.05, 0) is 82.9 Å². The quantitative estimate of drug-likeness (QED) is 0.253. The van der Waals surface area contributed by atoms with E-state index < -0.39 is 11.8 Å². The molecule has 0 saturated carbocycles. The number of nitrogens with zero attached hydrogens (tertiary/aromatic N) is 1. The highest BCUT2D eigenvalue weighted by Crippen LogP contribution is 2.41. The second kappa shape index (κ2) is 8.07. The Morgan fingerprint density at radius 3 is 2.40 bits per heavy atom. The highest BCUT2D eigenvalue weighted by molar-refractivity contribution is 7.18. The van der Waals surface area contributed by atoms with E-state index in [2.05, 4.69) is 55.6 Å². The Bertz CT molecular complexity index is 1800. The van der Waals surface area contributed by atoms with Crippen LogP contribution in [0.4, 0.5) is 0 Å². The van der Waals surface area contributed by atoms with Crippen LogP contribution in [-0.2, 0) is 6.37 Å². The number of rotatable bonds is 3. The molecule has 0 fully saturated rings. The Kier molecular flexibility index (Phi) is 4.57. The number of hydrogen-bond donors (Lipinski definition) is 0. The fraction of sp³-hybridized carbons (Fsp3) is 0.219. The molecule has 35 heavy (non-hydrogen) atoms. The van der Waals surface area contributed by atoms with Crippen LogP contribution in [0.2, 0.25) is 0 Å². The number of hydrogen-bond acceptors (Lipinski definition) is 3. The van der Waals surface area contributed by atoms with Gasteiger partial charge in [-0.1, -0.05) is 57.2 Å². The van der Waals surface area contributed by atoms with Gasteiger partial charge in [-0.3, -0.25) is 4.98 Å². The second-order valence-corrected chi connectivity index (χ2v) is 11.2. The van der Waals surface area contributed by atoms with E-state index in [4.69, 9.17) is 9.40 Å². The van der Waals surface area contributed by atoms with E-state index >= 15 is 0 Å². The number of thiophene rings is 1. The Balaban J connectivity index is 1.64.